The van der Waals surface area contributed by atoms with Crippen molar-refractivity contribution in [1.29, 1.82) is 0 Å². The first kappa shape index (κ1) is 18.8. The van der Waals surface area contributed by atoms with Gasteiger partial charge in [0.1, 0.15) is 11.3 Å². The molecule has 0 radical (unpaired) electrons. The molecule has 0 saturated carbocycles. The van der Waals surface area contributed by atoms with Crippen molar-refractivity contribution in [2.45, 2.75) is 40.2 Å². The summed E-state index contributed by atoms with van der Waals surface area (Å²) in [6.07, 6.45) is 2.45. The van der Waals surface area contributed by atoms with Crippen molar-refractivity contribution < 1.29 is 23.8 Å². The topological polar surface area (TPSA) is 81.7 Å². The van der Waals surface area contributed by atoms with Crippen LogP contribution in [0.4, 0.5) is 0 Å². The second-order valence-corrected chi connectivity index (χ2v) is 6.64. The van der Waals surface area contributed by atoms with E-state index < -0.39 is 5.97 Å². The summed E-state index contributed by atoms with van der Waals surface area (Å²) < 4.78 is 12.6. The highest BCUT2D eigenvalue weighted by atomic mass is 16.5. The average molecular weight is 369 g/mol. The normalized spacial score (nSPS) is 11.1. The lowest BCUT2D eigenvalue weighted by Crippen LogP contribution is -2.16. The lowest BCUT2D eigenvalue weighted by atomic mass is 10.1. The summed E-state index contributed by atoms with van der Waals surface area (Å²) in [6, 6.07) is 6.55. The maximum Gasteiger partial charge on any atom is 0.310 e. The first-order chi connectivity index (χ1) is 12.9. The number of phenolic OH excluding ortho intramolecular Hbond substituents is 1. The van der Waals surface area contributed by atoms with Crippen LogP contribution in [0.1, 0.15) is 40.7 Å². The van der Waals surface area contributed by atoms with Crippen LogP contribution < -0.4 is 0 Å². The first-order valence-electron chi connectivity index (χ1n) is 8.95. The van der Waals surface area contributed by atoms with Gasteiger partial charge in [0.2, 0.25) is 5.78 Å². The van der Waals surface area contributed by atoms with Gasteiger partial charge in [-0.25, -0.2) is 0 Å². The molecule has 0 amide bonds. The van der Waals surface area contributed by atoms with Crippen LogP contribution in [-0.2, 0) is 22.5 Å². The number of esters is 1. The van der Waals surface area contributed by atoms with Gasteiger partial charge in [0.15, 0.2) is 6.61 Å². The molecule has 0 spiro atoms. The zero-order valence-electron chi connectivity index (χ0n) is 15.7. The van der Waals surface area contributed by atoms with Gasteiger partial charge in [-0.2, -0.15) is 0 Å². The quantitative estimate of drug-likeness (QED) is 0.504. The van der Waals surface area contributed by atoms with E-state index in [1.807, 2.05) is 19.9 Å². The number of ketones is 1. The Morgan fingerprint density at radius 3 is 2.74 bits per heavy atom. The number of aryl methyl sites for hydroxylation is 1. The van der Waals surface area contributed by atoms with E-state index in [0.29, 0.717) is 16.7 Å². The van der Waals surface area contributed by atoms with Gasteiger partial charge in [-0.1, -0.05) is 6.92 Å². The average Bonchev–Trinajstić information content (AvgIpc) is 3.15. The van der Waals surface area contributed by atoms with E-state index in [9.17, 15) is 14.7 Å². The van der Waals surface area contributed by atoms with Crippen molar-refractivity contribution in [2.75, 3.05) is 6.61 Å². The summed E-state index contributed by atoms with van der Waals surface area (Å²) in [5, 5.41) is 10.2. The Bertz CT molecular complexity index is 996. The number of benzene rings is 1. The molecular formula is C21H23NO5. The van der Waals surface area contributed by atoms with Crippen LogP contribution >= 0.6 is 0 Å². The van der Waals surface area contributed by atoms with Crippen LogP contribution in [0.5, 0.6) is 5.75 Å². The third-order valence-electron chi connectivity index (χ3n) is 4.66. The van der Waals surface area contributed by atoms with E-state index in [1.165, 1.54) is 18.4 Å². The number of hydrogen-bond donors (Lipinski definition) is 1. The van der Waals surface area contributed by atoms with Crippen molar-refractivity contribution >= 4 is 22.7 Å². The molecule has 0 aliphatic heterocycles. The molecule has 142 valence electrons. The molecule has 0 unspecified atom stereocenters. The van der Waals surface area contributed by atoms with E-state index in [0.717, 1.165) is 29.7 Å². The Morgan fingerprint density at radius 2 is 2.00 bits per heavy atom. The predicted molar refractivity (Wildman–Crippen MR) is 101 cm³/mol. The van der Waals surface area contributed by atoms with Gasteiger partial charge in [-0.05, 0) is 38.5 Å². The van der Waals surface area contributed by atoms with Gasteiger partial charge in [-0.3, -0.25) is 9.59 Å². The Balaban J connectivity index is 1.63. The van der Waals surface area contributed by atoms with Gasteiger partial charge in [0.25, 0.3) is 0 Å². The Kier molecular flexibility index (Phi) is 5.35. The fourth-order valence-electron chi connectivity index (χ4n) is 3.29. The maximum atomic E-state index is 12.5. The highest BCUT2D eigenvalue weighted by Gasteiger charge is 2.18. The van der Waals surface area contributed by atoms with Crippen molar-refractivity contribution in [3.8, 4) is 5.75 Å². The number of aromatic hydroxyl groups is 1. The van der Waals surface area contributed by atoms with Gasteiger partial charge in [0.05, 0.1) is 12.7 Å². The molecule has 27 heavy (non-hydrogen) atoms. The molecule has 3 rings (SSSR count). The lowest BCUT2D eigenvalue weighted by molar-refractivity contribution is -0.141. The number of furan rings is 1. The molecule has 1 aromatic carbocycles. The molecule has 0 aliphatic rings. The third-order valence-corrected chi connectivity index (χ3v) is 4.66. The molecule has 3 aromatic rings. The molecule has 0 bridgehead atoms. The Labute approximate surface area is 157 Å². The molecule has 0 saturated heterocycles. The fraction of sp³-hybridized carbons (Fsp3) is 0.333. The largest absolute Gasteiger partial charge is 0.508 e. The zero-order chi connectivity index (χ0) is 19.6. The highest BCUT2D eigenvalue weighted by Crippen LogP contribution is 2.25. The number of fused-ring (bicyclic) bond motifs is 1. The Morgan fingerprint density at radius 1 is 1.22 bits per heavy atom. The molecule has 1 N–H and O–H groups in total. The van der Waals surface area contributed by atoms with Crippen molar-refractivity contribution in [2.24, 2.45) is 0 Å². The van der Waals surface area contributed by atoms with E-state index in [-0.39, 0.29) is 24.6 Å². The monoisotopic (exact) mass is 369 g/mol. The predicted octanol–water partition coefficient (Wildman–Crippen LogP) is 3.94. The number of Topliss-reactive ketones (excluding diaryl/α,β-unsaturated/α-hetero) is 1. The van der Waals surface area contributed by atoms with Crippen LogP contribution in [-0.4, -0.2) is 28.0 Å². The van der Waals surface area contributed by atoms with Gasteiger partial charge in [0, 0.05) is 40.5 Å². The summed E-state index contributed by atoms with van der Waals surface area (Å²) in [4.78, 5) is 24.6. The molecule has 2 heterocycles. The molecule has 2 aromatic heterocycles. The van der Waals surface area contributed by atoms with Crippen molar-refractivity contribution in [3.63, 3.8) is 0 Å². The summed E-state index contributed by atoms with van der Waals surface area (Å²) in [6.45, 7) is 6.53. The SMILES string of the molecule is CCCn1c(C)cc(C(=O)COC(=O)Cc2coc3cc(O)ccc23)c1C. The standard InChI is InChI=1S/C21H23NO5/c1-4-7-22-13(2)8-18(14(22)3)19(24)12-27-21(25)9-15-11-26-20-10-16(23)5-6-17(15)20/h5-6,8,10-11,23H,4,7,9,12H2,1-3H3. The van der Waals surface area contributed by atoms with Crippen molar-refractivity contribution in [3.05, 3.63) is 53.0 Å². The molecule has 0 aliphatic carbocycles. The van der Waals surface area contributed by atoms with E-state index in [4.69, 9.17) is 9.15 Å². The zero-order valence-corrected chi connectivity index (χ0v) is 15.7. The molecule has 0 fully saturated rings. The number of carbonyl (C=O) groups is 2. The van der Waals surface area contributed by atoms with Gasteiger partial charge in [-0.15, -0.1) is 0 Å². The molecule has 6 nitrogen and oxygen atoms in total. The minimum absolute atomic E-state index is 0.0000875. The number of aromatic nitrogens is 1. The number of ether oxygens (including phenoxy) is 1. The van der Waals surface area contributed by atoms with E-state index in [1.54, 1.807) is 6.07 Å². The van der Waals surface area contributed by atoms with Crippen LogP contribution in [0.3, 0.4) is 0 Å². The summed E-state index contributed by atoms with van der Waals surface area (Å²) in [7, 11) is 0. The van der Waals surface area contributed by atoms with Crippen LogP contribution in [0, 0.1) is 13.8 Å². The summed E-state index contributed by atoms with van der Waals surface area (Å²) in [5.74, 6) is -0.612. The van der Waals surface area contributed by atoms with Crippen LogP contribution in [0.2, 0.25) is 0 Å². The number of nitrogens with zero attached hydrogens (tertiary/aromatic N) is 1. The number of rotatable bonds is 7. The number of carbonyl (C=O) groups excluding carboxylic acids is 2. The van der Waals surface area contributed by atoms with Crippen LogP contribution in [0.15, 0.2) is 34.9 Å². The number of hydrogen-bond acceptors (Lipinski definition) is 5. The first-order valence-corrected chi connectivity index (χ1v) is 8.95. The maximum absolute atomic E-state index is 12.5. The summed E-state index contributed by atoms with van der Waals surface area (Å²) >= 11 is 0. The second kappa shape index (κ2) is 7.70. The van der Waals surface area contributed by atoms with E-state index >= 15 is 0 Å². The fourth-order valence-corrected chi connectivity index (χ4v) is 3.29. The lowest BCUT2D eigenvalue weighted by Gasteiger charge is -2.08. The smallest absolute Gasteiger partial charge is 0.310 e. The van der Waals surface area contributed by atoms with Gasteiger partial charge >= 0.3 is 5.97 Å². The van der Waals surface area contributed by atoms with Gasteiger partial charge < -0.3 is 18.8 Å². The number of phenols is 1. The third kappa shape index (κ3) is 3.89. The Hall–Kier alpha value is -3.02. The van der Waals surface area contributed by atoms with E-state index in [2.05, 4.69) is 11.5 Å². The minimum Gasteiger partial charge on any atom is -0.508 e. The molecule has 6 heteroatoms. The second-order valence-electron chi connectivity index (χ2n) is 6.64. The molecular weight excluding hydrogens is 346 g/mol. The highest BCUT2D eigenvalue weighted by molar-refractivity contribution is 5.99. The minimum atomic E-state index is -0.499. The van der Waals surface area contributed by atoms with Crippen molar-refractivity contribution in [1.82, 2.24) is 4.57 Å². The summed E-state index contributed by atoms with van der Waals surface area (Å²) in [5.41, 5.74) is 3.67. The molecule has 0 atom stereocenters. The van der Waals surface area contributed by atoms with Crippen LogP contribution in [0.25, 0.3) is 11.0 Å².